The number of benzene rings is 2. The first-order valence-corrected chi connectivity index (χ1v) is 43.9. The fourth-order valence-electron chi connectivity index (χ4n) is 13.7. The van der Waals surface area contributed by atoms with Crippen LogP contribution in [-0.2, 0) is 62.7 Å². The number of anilines is 3. The lowest BCUT2D eigenvalue weighted by Gasteiger charge is -2.30. The van der Waals surface area contributed by atoms with E-state index in [9.17, 15) is 52.7 Å². The summed E-state index contributed by atoms with van der Waals surface area (Å²) in [5.41, 5.74) is 16.7. The monoisotopic (exact) mass is 1620 g/mol. The number of pyridine rings is 1. The molecule has 2 aliphatic rings. The highest BCUT2D eigenvalue weighted by atomic mass is 33.1. The first kappa shape index (κ1) is 91.7. The number of amides is 7. The summed E-state index contributed by atoms with van der Waals surface area (Å²) in [6.07, 6.45) is 18.6. The number of carbonyl (C=O) groups excluding carboxylic acids is 10. The Labute approximate surface area is 675 Å². The highest BCUT2D eigenvalue weighted by Gasteiger charge is 2.41. The summed E-state index contributed by atoms with van der Waals surface area (Å²) in [6.45, 7) is 13.3. The highest BCUT2D eigenvalue weighted by molar-refractivity contribution is 8.76. The van der Waals surface area contributed by atoms with E-state index in [2.05, 4.69) is 92.3 Å². The van der Waals surface area contributed by atoms with Gasteiger partial charge in [0.1, 0.15) is 28.4 Å². The Morgan fingerprint density at radius 3 is 1.95 bits per heavy atom. The van der Waals surface area contributed by atoms with Gasteiger partial charge in [-0.15, -0.1) is 11.8 Å². The van der Waals surface area contributed by atoms with Crippen molar-refractivity contribution in [1.82, 2.24) is 81.5 Å². The molecule has 0 radical (unpaired) electrons. The van der Waals surface area contributed by atoms with Crippen molar-refractivity contribution in [2.24, 2.45) is 11.8 Å². The lowest BCUT2D eigenvalue weighted by atomic mass is 9.81. The van der Waals surface area contributed by atoms with Gasteiger partial charge in [-0.2, -0.15) is 9.97 Å². The van der Waals surface area contributed by atoms with Crippen LogP contribution >= 0.6 is 33.3 Å². The molecule has 30 nitrogen and oxygen atoms in total. The number of H-pyrrole nitrogens is 1. The van der Waals surface area contributed by atoms with Crippen molar-refractivity contribution in [2.45, 2.75) is 212 Å². The van der Waals surface area contributed by atoms with Gasteiger partial charge in [-0.3, -0.25) is 57.4 Å². The fraction of sp³-hybridized carbons (Fsp3) is 0.613. The van der Waals surface area contributed by atoms with Gasteiger partial charge >= 0.3 is 5.69 Å². The zero-order valence-electron chi connectivity index (χ0n) is 66.9. The number of carbonyl (C=O) groups is 10. The van der Waals surface area contributed by atoms with Gasteiger partial charge in [0.25, 0.3) is 5.91 Å². The minimum Gasteiger partial charge on any atom is -0.382 e. The van der Waals surface area contributed by atoms with Crippen LogP contribution in [0, 0.1) is 11.8 Å². The van der Waals surface area contributed by atoms with Gasteiger partial charge in [0.2, 0.25) is 41.4 Å². The van der Waals surface area contributed by atoms with Crippen LogP contribution in [0.3, 0.4) is 0 Å². The average Bonchev–Trinajstić information content (AvgIpc) is 1.64. The number of hydrogen-bond donors (Lipinski definition) is 12. The number of aryl methyl sites for hydroxylation is 2. The smallest absolute Gasteiger partial charge is 0.328 e. The zero-order valence-corrected chi connectivity index (χ0v) is 69.3. The number of thioether (sulfide) groups is 1. The maximum absolute atomic E-state index is 13.1. The number of hydrogen-bond acceptors (Lipinski definition) is 24. The van der Waals surface area contributed by atoms with Crippen LogP contribution < -0.4 is 65.0 Å². The molecule has 2 aromatic carbocycles. The summed E-state index contributed by atoms with van der Waals surface area (Å²) in [7, 11) is 6.55. The lowest BCUT2D eigenvalue weighted by Crippen LogP contribution is -2.39. The number of fused-ring (bicyclic) bond motifs is 4. The van der Waals surface area contributed by atoms with Gasteiger partial charge in [-0.25, -0.2) is 14.8 Å². The van der Waals surface area contributed by atoms with Crippen LogP contribution in [0.1, 0.15) is 197 Å². The Morgan fingerprint density at radius 1 is 0.619 bits per heavy atom. The summed E-state index contributed by atoms with van der Waals surface area (Å²) in [5, 5.41) is 27.6. The molecule has 14 N–H and O–H groups in total. The van der Waals surface area contributed by atoms with Crippen LogP contribution in [0.15, 0.2) is 53.3 Å². The van der Waals surface area contributed by atoms with E-state index in [1.807, 2.05) is 18.2 Å². The molecule has 620 valence electrons. The molecular weight excluding hydrogens is 1500 g/mol. The van der Waals surface area contributed by atoms with Crippen molar-refractivity contribution in [3.8, 4) is 0 Å². The zero-order chi connectivity index (χ0) is 81.4. The van der Waals surface area contributed by atoms with Crippen molar-refractivity contribution < 1.29 is 47.9 Å². The number of nitrogen functional groups attached to an aromatic ring is 2. The molecule has 1 saturated carbocycles. The molecule has 7 amide bonds. The van der Waals surface area contributed by atoms with Crippen LogP contribution in [0.4, 0.5) is 17.6 Å². The quantitative estimate of drug-likeness (QED) is 0.00988. The summed E-state index contributed by atoms with van der Waals surface area (Å²) < 4.78 is 3.77. The number of likely N-dealkylation sites (tertiary alicyclic amines) is 1. The molecule has 0 spiro atoms. The molecule has 5 heterocycles. The molecule has 4 aromatic heterocycles. The van der Waals surface area contributed by atoms with Crippen molar-refractivity contribution in [3.63, 3.8) is 0 Å². The third-order valence-corrected chi connectivity index (χ3v) is 23.8. The topological polar surface area (TPSA) is 429 Å². The predicted molar refractivity (Wildman–Crippen MR) is 451 cm³/mol. The van der Waals surface area contributed by atoms with E-state index in [0.717, 1.165) is 169 Å². The Kier molecular flexibility index (Phi) is 40.6. The number of aromatic amines is 1. The molecule has 1 aliphatic heterocycles. The lowest BCUT2D eigenvalue weighted by molar-refractivity contribution is -0.139. The summed E-state index contributed by atoms with van der Waals surface area (Å²) >= 11 is 1.20. The predicted octanol–water partition coefficient (Wildman–Crippen LogP) is 7.69. The Morgan fingerprint density at radius 2 is 1.27 bits per heavy atom. The molecular formula is C80H121N19O11S3. The van der Waals surface area contributed by atoms with Gasteiger partial charge in [0.15, 0.2) is 23.1 Å². The van der Waals surface area contributed by atoms with Gasteiger partial charge in [0.05, 0.1) is 53.0 Å². The number of imide groups is 1. The number of unbranched alkanes of at least 4 members (excludes halogenated alkanes) is 7. The number of nitrogens with zero attached hydrogens (tertiary/aromatic N) is 7. The molecule has 3 atom stereocenters. The second-order valence-electron chi connectivity index (χ2n) is 29.1. The number of nitrogens with one attached hydrogen (secondary N) is 10. The number of para-hydroxylation sites is 1. The Balaban J connectivity index is 0.000000352. The molecule has 3 unspecified atom stereocenters. The number of nitrogens with two attached hydrogens (primary N) is 2. The van der Waals surface area contributed by atoms with Gasteiger partial charge < -0.3 is 68.9 Å². The molecule has 113 heavy (non-hydrogen) atoms. The number of rotatable bonds is 53. The molecule has 2 fully saturated rings. The highest BCUT2D eigenvalue weighted by Crippen LogP contribution is 2.34. The Hall–Kier alpha value is -8.50. The molecule has 33 heteroatoms. The molecule has 1 saturated heterocycles. The van der Waals surface area contributed by atoms with Crippen molar-refractivity contribution >= 4 is 143 Å². The molecule has 6 aromatic rings. The van der Waals surface area contributed by atoms with Gasteiger partial charge in [-0.1, -0.05) is 85.0 Å². The van der Waals surface area contributed by atoms with Crippen molar-refractivity contribution in [1.29, 1.82) is 0 Å². The van der Waals surface area contributed by atoms with E-state index in [-0.39, 0.29) is 119 Å². The summed E-state index contributed by atoms with van der Waals surface area (Å²) in [5.74, 6) is 2.52. The maximum atomic E-state index is 13.1. The van der Waals surface area contributed by atoms with Crippen LogP contribution in [0.25, 0.3) is 33.1 Å². The standard InChI is InChI=1S/C49H74N12O8S.C31H47N7O3S2/c1-4-5-24-55-48-58-43(50)42-44(59-48)61(49(69)57-42)30-34-16-20-36(21-17-34)46(67)56-28-37(63)12-7-6-9-22-52-23-11-26-54-45(66)35-18-14-33(15-19-35)29-60-41(65)27-39(47(60)68)70-31-40(64)53-25-10-8-13-38(51-3)32(2)62;1-4-5-15-26-37-29-30(23-12-6-7-14-25(23)36-31(29)32)38(26)19-11-10-18-34-27(40)16-20-42-43-21-28(41)35-17-9-8-13-24(33-3)22(2)39/h16-17,20-21,33,35,38-39,51-52H,4-15,18-19,22-31H2,1-3H3,(H,53,64)(H,54,66)(H,56,67)(H,57,69)(H3,50,55,58,59);6-7,12,14,24,33H,4-5,8-11,13,15-21H2,1-3H3,(H2,32,36)(H,34,40)(H,35,41). The normalized spacial score (nSPS) is 15.4. The maximum Gasteiger partial charge on any atom is 0.328 e. The Bertz CT molecular complexity index is 4150. The SMILES string of the molecule is CCCCNc1nc(N)c2[nH]c(=O)n(Cc3ccc(C(=O)NCC(=O)CCCCCNCCCNC(=O)C4CCC(CN5C(=O)CC(SCC(=O)NCCCCC(NC)C(C)=O)C5=O)CC4)cc3)c2n1.CCCCc1nc2c(N)nc3ccccc3c2n1CCCCNC(=O)CCSSCC(=O)NCCCCC(NC)C(C)=O. The van der Waals surface area contributed by atoms with Gasteiger partial charge in [-0.05, 0) is 180 Å². The van der Waals surface area contributed by atoms with E-state index in [0.29, 0.717) is 111 Å². The number of likely N-dealkylation sites (N-methyl/N-ethyl adjacent to an activating group) is 2. The van der Waals surface area contributed by atoms with E-state index < -0.39 is 5.25 Å². The molecule has 8 rings (SSSR count). The van der Waals surface area contributed by atoms with Crippen LogP contribution in [0.5, 0.6) is 0 Å². The number of Topliss-reactive ketones (excluding diaryl/α,β-unsaturated/α-hetero) is 3. The second kappa shape index (κ2) is 50.0. The van der Waals surface area contributed by atoms with Crippen molar-refractivity contribution in [3.05, 3.63) is 76.0 Å². The average molecular weight is 1620 g/mol. The second-order valence-corrected chi connectivity index (χ2v) is 32.9. The van der Waals surface area contributed by atoms with Crippen LogP contribution in [-0.4, -0.2) is 205 Å². The number of aromatic nitrogens is 7. The van der Waals surface area contributed by atoms with E-state index in [1.165, 1.54) is 32.0 Å². The molecule has 1 aliphatic carbocycles. The van der Waals surface area contributed by atoms with Crippen molar-refractivity contribution in [2.75, 3.05) is 107 Å². The van der Waals surface area contributed by atoms with Crippen LogP contribution in [0.2, 0.25) is 0 Å². The largest absolute Gasteiger partial charge is 0.382 e. The first-order valence-electron chi connectivity index (χ1n) is 40.4. The van der Waals surface area contributed by atoms with Gasteiger partial charge in [0, 0.05) is 94.1 Å². The van der Waals surface area contributed by atoms with E-state index in [1.54, 1.807) is 63.0 Å². The molecule has 0 bridgehead atoms. The third-order valence-electron chi connectivity index (χ3n) is 20.3. The minimum absolute atomic E-state index is 0.00541. The fourth-order valence-corrected chi connectivity index (χ4v) is 16.5. The van der Waals surface area contributed by atoms with E-state index in [4.69, 9.17) is 16.5 Å². The number of imidazole rings is 2. The minimum atomic E-state index is -0.559. The summed E-state index contributed by atoms with van der Waals surface area (Å²) in [6, 6.07) is 14.6. The van der Waals surface area contributed by atoms with E-state index >= 15 is 0 Å². The third kappa shape index (κ3) is 30.7. The number of ketones is 3. The summed E-state index contributed by atoms with van der Waals surface area (Å²) in [4.78, 5) is 159. The first-order chi connectivity index (χ1) is 54.6.